The Morgan fingerprint density at radius 1 is 0.511 bits per heavy atom. The van der Waals surface area contributed by atoms with Gasteiger partial charge in [-0.25, -0.2) is 26.3 Å². The monoisotopic (exact) mass is 1360 g/mol. The number of nitrogens with one attached hydrogen (secondary N) is 1. The zero-order chi connectivity index (χ0) is 63.0. The normalized spacial score (nSPS) is 15.4. The van der Waals surface area contributed by atoms with Gasteiger partial charge in [-0.15, -0.1) is 12.4 Å². The third-order valence-electron chi connectivity index (χ3n) is 16.8. The fraction of sp³-hybridized carbons (Fsp3) is 0.443. The van der Waals surface area contributed by atoms with Crippen LogP contribution in [0.4, 0.5) is 37.7 Å². The number of carbonyl (C=O) groups excluding carboxylic acids is 2. The summed E-state index contributed by atoms with van der Waals surface area (Å²) in [4.78, 5) is 37.7. The molecule has 0 bridgehead atoms. The third-order valence-corrected chi connectivity index (χ3v) is 17.2. The van der Waals surface area contributed by atoms with Crippen molar-refractivity contribution in [3.8, 4) is 17.2 Å². The van der Waals surface area contributed by atoms with Crippen LogP contribution in [0.2, 0.25) is 0 Å². The quantitative estimate of drug-likeness (QED) is 0.0447. The van der Waals surface area contributed by atoms with E-state index in [0.717, 1.165) is 121 Å². The molecule has 3 fully saturated rings. The van der Waals surface area contributed by atoms with E-state index in [1.54, 1.807) is 38.1 Å². The first kappa shape index (κ1) is 74.6. The molecule has 3 aliphatic carbocycles. The van der Waals surface area contributed by atoms with Crippen molar-refractivity contribution in [3.63, 3.8) is 0 Å². The van der Waals surface area contributed by atoms with Crippen molar-refractivity contribution >= 4 is 57.6 Å². The second kappa shape index (κ2) is 36.3. The van der Waals surface area contributed by atoms with Crippen LogP contribution in [-0.2, 0) is 82.0 Å². The second-order valence-electron chi connectivity index (χ2n) is 23.3. The summed E-state index contributed by atoms with van der Waals surface area (Å²) < 4.78 is 112. The van der Waals surface area contributed by atoms with E-state index in [0.29, 0.717) is 98.7 Å². The molecule has 0 unspecified atom stereocenters. The maximum atomic E-state index is 14.6. The molecular weight excluding hydrogens is 1280 g/mol. The van der Waals surface area contributed by atoms with Gasteiger partial charge in [-0.05, 0) is 209 Å². The van der Waals surface area contributed by atoms with Crippen LogP contribution in [-0.4, -0.2) is 79.7 Å². The Labute approximate surface area is 561 Å². The molecule has 3 heterocycles. The van der Waals surface area contributed by atoms with Crippen molar-refractivity contribution in [3.05, 3.63) is 180 Å². The summed E-state index contributed by atoms with van der Waals surface area (Å²) in [6.07, 6.45) is 14.0. The molecule has 0 aromatic heterocycles. The van der Waals surface area contributed by atoms with Crippen LogP contribution < -0.4 is 48.2 Å². The molecule has 3 saturated carbocycles. The number of carboxylic acid groups (broad SMARTS) is 1. The van der Waals surface area contributed by atoms with Gasteiger partial charge in [0.1, 0.15) is 52.2 Å². The number of carbonyl (C=O) groups is 3. The predicted molar refractivity (Wildman–Crippen MR) is 341 cm³/mol. The van der Waals surface area contributed by atoms with Crippen LogP contribution >= 0.6 is 28.3 Å². The number of rotatable bonds is 19. The molecule has 6 aliphatic rings. The van der Waals surface area contributed by atoms with Crippen LogP contribution in [0.25, 0.3) is 0 Å². The molecule has 13 nitrogen and oxygen atoms in total. The van der Waals surface area contributed by atoms with E-state index in [2.05, 4.69) is 26.1 Å². The van der Waals surface area contributed by atoms with Gasteiger partial charge in [0.05, 0.1) is 31.5 Å². The summed E-state index contributed by atoms with van der Waals surface area (Å²) in [7, 11) is 0. The zero-order valence-electron chi connectivity index (χ0n) is 52.4. The zero-order valence-corrected chi connectivity index (χ0v) is 54.8. The molecule has 0 spiro atoms. The van der Waals surface area contributed by atoms with Gasteiger partial charge in [0, 0.05) is 98.2 Å². The number of hydrogen-bond acceptors (Lipinski definition) is 12. The van der Waals surface area contributed by atoms with Gasteiger partial charge in [-0.3, -0.25) is 14.4 Å². The van der Waals surface area contributed by atoms with Gasteiger partial charge in [-0.1, -0.05) is 34.1 Å². The molecule has 0 atom stereocenters. The fourth-order valence-corrected chi connectivity index (χ4v) is 11.7. The number of ether oxygens (including phenoxy) is 5. The molecule has 3 aliphatic heterocycles. The number of halogens is 8. The number of hydrogen-bond donors (Lipinski definition) is 2. The SMILES string of the molecule is CCOC(=O)CCc1cc2c(cc1F)CN(c1cc(F)cc(OC3CCC3)c1)CC2.CCOC(=O)CCc1cc2c(cc1F)CNCC2.Cl.Fc1cc(Br)cc(OC2CCC2)c1.O=C(O)CCc1cc2c(cc1F)CN(c1cc(F)cc(OC3CCC3)c1)CC2.[Li+].[OH-]. The summed E-state index contributed by atoms with van der Waals surface area (Å²) in [5, 5.41) is 12.0. The maximum Gasteiger partial charge on any atom is 1.00 e. The minimum Gasteiger partial charge on any atom is -0.870 e. The van der Waals surface area contributed by atoms with Crippen LogP contribution in [0.5, 0.6) is 17.2 Å². The Morgan fingerprint density at radius 3 is 1.27 bits per heavy atom. The summed E-state index contributed by atoms with van der Waals surface area (Å²) in [5.74, 6) is -1.63. The molecule has 6 aromatic carbocycles. The van der Waals surface area contributed by atoms with Crippen molar-refractivity contribution in [1.29, 1.82) is 0 Å². The van der Waals surface area contributed by atoms with Gasteiger partial charge in [0.2, 0.25) is 0 Å². The van der Waals surface area contributed by atoms with E-state index in [9.17, 15) is 40.7 Å². The molecule has 492 valence electrons. The number of aliphatic carboxylic acids is 1. The van der Waals surface area contributed by atoms with Crippen LogP contribution in [0.1, 0.15) is 141 Å². The molecule has 0 saturated heterocycles. The van der Waals surface area contributed by atoms with Crippen molar-refractivity contribution in [2.24, 2.45) is 0 Å². The smallest absolute Gasteiger partial charge is 0.870 e. The molecule has 6 aromatic rings. The minimum absolute atomic E-state index is 0. The molecule has 12 rings (SSSR count). The number of fused-ring (bicyclic) bond motifs is 3. The first-order valence-corrected chi connectivity index (χ1v) is 31.9. The van der Waals surface area contributed by atoms with Crippen molar-refractivity contribution in [2.45, 2.75) is 167 Å². The molecule has 22 heteroatoms. The predicted octanol–water partition coefficient (Wildman–Crippen LogP) is 12.2. The van der Waals surface area contributed by atoms with Gasteiger partial charge in [0.25, 0.3) is 0 Å². The van der Waals surface area contributed by atoms with Gasteiger partial charge < -0.3 is 49.4 Å². The molecule has 0 radical (unpaired) electrons. The maximum absolute atomic E-state index is 14.6. The fourth-order valence-electron chi connectivity index (χ4n) is 11.2. The number of esters is 2. The van der Waals surface area contributed by atoms with Gasteiger partial charge in [-0.2, -0.15) is 0 Å². The van der Waals surface area contributed by atoms with Gasteiger partial charge in [0.15, 0.2) is 0 Å². The third kappa shape index (κ3) is 21.8. The van der Waals surface area contributed by atoms with E-state index in [4.69, 9.17) is 28.8 Å². The summed E-state index contributed by atoms with van der Waals surface area (Å²) in [6.45, 7) is 8.26. The molecule has 92 heavy (non-hydrogen) atoms. The minimum atomic E-state index is -0.936. The topological polar surface area (TPSA) is 166 Å². The van der Waals surface area contributed by atoms with Crippen molar-refractivity contribution in [2.75, 3.05) is 42.6 Å². The van der Waals surface area contributed by atoms with E-state index < -0.39 is 5.97 Å². The van der Waals surface area contributed by atoms with Crippen LogP contribution in [0.3, 0.4) is 0 Å². The Kier molecular flexibility index (Phi) is 29.5. The number of carboxylic acids is 1. The summed E-state index contributed by atoms with van der Waals surface area (Å²) in [5.41, 5.74) is 9.15. The Balaban J connectivity index is 0.000000201. The van der Waals surface area contributed by atoms with E-state index >= 15 is 0 Å². The standard InChI is InChI=1S/C24H27F2NO3.C22H23F2NO3.C14H18FNO2.C10H10BrFO.ClH.Li.H2O/c1-2-29-24(28)7-6-17-10-16-8-9-27(15-18(16)11-23(17)26)20-12-19(25)13-22(14-20)30-21-4-3-5-21;23-17-10-18(12-20(11-17)28-19-2-1-3-19)25-7-6-14-8-15(4-5-22(26)27)21(24)9-16(14)13-25;1-2-18-14(17)4-3-11-7-10-5-6-16-9-12(10)8-13(11)15;11-7-4-8(12)6-10(5-7)13-9-2-1-3-9;;;/h10-14,21H,2-9,15H2,1H3;8-12,19H,1-7,13H2,(H,26,27);7-8,16H,2-6,9H2,1H3;4-6,9H,1-3H2;1H;;1H2/q;;;;;+1;/p-1. The number of aryl methyl sites for hydroxylation is 3. The molecule has 3 N–H and O–H groups in total. The van der Waals surface area contributed by atoms with Crippen molar-refractivity contribution < 1.29 is 93.9 Å². The first-order valence-electron chi connectivity index (χ1n) is 31.1. The average molecular weight is 1360 g/mol. The Hall–Kier alpha value is -6.40. The number of benzene rings is 6. The summed E-state index contributed by atoms with van der Waals surface area (Å²) >= 11 is 3.22. The Morgan fingerprint density at radius 2 is 0.891 bits per heavy atom. The van der Waals surface area contributed by atoms with Crippen LogP contribution in [0.15, 0.2) is 95.5 Å². The first-order chi connectivity index (χ1) is 42.9. The second-order valence-corrected chi connectivity index (χ2v) is 24.2. The summed E-state index contributed by atoms with van der Waals surface area (Å²) in [6, 6.07) is 24.3. The molecule has 0 amide bonds. The van der Waals surface area contributed by atoms with E-state index in [1.807, 2.05) is 29.2 Å². The number of anilines is 2. The van der Waals surface area contributed by atoms with Crippen molar-refractivity contribution in [1.82, 2.24) is 5.32 Å². The largest absolute Gasteiger partial charge is 1.00 e. The Bertz CT molecular complexity index is 3430. The number of nitrogens with zero attached hydrogens (tertiary/aromatic N) is 2. The van der Waals surface area contributed by atoms with E-state index in [-0.39, 0.29) is 121 Å². The van der Waals surface area contributed by atoms with Gasteiger partial charge >= 0.3 is 36.8 Å². The van der Waals surface area contributed by atoms with E-state index in [1.165, 1.54) is 54.4 Å². The average Bonchev–Trinajstić information content (AvgIpc) is 0.820. The van der Waals surface area contributed by atoms with Crippen LogP contribution in [0, 0.1) is 34.9 Å². The molecular formula is C70H80BrClF6LiN3O10.